The number of hydrogen-bond acceptors (Lipinski definition) is 6. The van der Waals surface area contributed by atoms with E-state index in [0.717, 1.165) is 24.5 Å². The summed E-state index contributed by atoms with van der Waals surface area (Å²) in [5.74, 6) is -1.18. The van der Waals surface area contributed by atoms with E-state index in [1.165, 1.54) is 19.1 Å². The number of carbonyl (C=O) groups excluding carboxylic acids is 2. The number of anilines is 1. The molecule has 3 rings (SSSR count). The normalized spacial score (nSPS) is 14.0. The van der Waals surface area contributed by atoms with E-state index >= 15 is 0 Å². The van der Waals surface area contributed by atoms with Crippen molar-refractivity contribution < 1.29 is 19.2 Å². The van der Waals surface area contributed by atoms with Gasteiger partial charge in [-0.3, -0.25) is 14.9 Å². The molecule has 152 valence electrons. The highest BCUT2D eigenvalue weighted by Crippen LogP contribution is 2.27. The minimum absolute atomic E-state index is 0.00827. The molecule has 0 aliphatic heterocycles. The molecule has 9 heteroatoms. The van der Waals surface area contributed by atoms with Gasteiger partial charge in [0, 0.05) is 23.7 Å². The molecule has 1 aliphatic carbocycles. The Hall–Kier alpha value is -3.13. The summed E-state index contributed by atoms with van der Waals surface area (Å²) >= 11 is 6.10. The Morgan fingerprint density at radius 2 is 2.00 bits per heavy atom. The van der Waals surface area contributed by atoms with Crippen LogP contribution >= 0.6 is 11.6 Å². The Labute approximate surface area is 172 Å². The summed E-state index contributed by atoms with van der Waals surface area (Å²) in [4.78, 5) is 35.1. The number of nitrogens with one attached hydrogen (secondary N) is 2. The van der Waals surface area contributed by atoms with E-state index in [9.17, 15) is 19.7 Å². The zero-order valence-electron chi connectivity index (χ0n) is 15.7. The second-order valence-corrected chi connectivity index (χ2v) is 7.17. The van der Waals surface area contributed by atoms with Crippen molar-refractivity contribution in [2.24, 2.45) is 0 Å². The van der Waals surface area contributed by atoms with Crippen LogP contribution in [0.5, 0.6) is 0 Å². The summed E-state index contributed by atoms with van der Waals surface area (Å²) in [7, 11) is 0. The van der Waals surface area contributed by atoms with Gasteiger partial charge in [-0.25, -0.2) is 4.79 Å². The molecule has 8 nitrogen and oxygen atoms in total. The first kappa shape index (κ1) is 20.6. The molecule has 2 N–H and O–H groups in total. The van der Waals surface area contributed by atoms with Gasteiger partial charge in [0.05, 0.1) is 10.5 Å². The van der Waals surface area contributed by atoms with E-state index in [-0.39, 0.29) is 35.4 Å². The summed E-state index contributed by atoms with van der Waals surface area (Å²) < 4.78 is 5.14. The van der Waals surface area contributed by atoms with E-state index in [2.05, 4.69) is 10.6 Å². The number of nitro groups is 1. The number of nitrogens with zero attached hydrogens (tertiary/aromatic N) is 1. The summed E-state index contributed by atoms with van der Waals surface area (Å²) in [6, 6.07) is 11.3. The van der Waals surface area contributed by atoms with Crippen LogP contribution in [0.3, 0.4) is 0 Å². The lowest BCUT2D eigenvalue weighted by Crippen LogP contribution is -2.37. The van der Waals surface area contributed by atoms with Crippen molar-refractivity contribution in [3.8, 4) is 0 Å². The molecule has 0 heterocycles. The molecular formula is C20H20ClN3O5. The molecule has 0 radical (unpaired) electrons. The van der Waals surface area contributed by atoms with Crippen LogP contribution in [0.15, 0.2) is 42.5 Å². The lowest BCUT2D eigenvalue weighted by atomic mass is 10.1. The second-order valence-electron chi connectivity index (χ2n) is 6.76. The van der Waals surface area contributed by atoms with Crippen LogP contribution in [0.1, 0.15) is 35.7 Å². The molecule has 2 aromatic carbocycles. The van der Waals surface area contributed by atoms with Gasteiger partial charge in [0.1, 0.15) is 5.69 Å². The van der Waals surface area contributed by atoms with Crippen molar-refractivity contribution in [2.45, 2.75) is 38.5 Å². The van der Waals surface area contributed by atoms with Gasteiger partial charge >= 0.3 is 5.97 Å². The fourth-order valence-corrected chi connectivity index (χ4v) is 2.82. The van der Waals surface area contributed by atoms with Crippen LogP contribution in [-0.4, -0.2) is 28.9 Å². The molecule has 0 spiro atoms. The summed E-state index contributed by atoms with van der Waals surface area (Å²) in [6.07, 6.45) is 0.850. The molecule has 1 fully saturated rings. The van der Waals surface area contributed by atoms with Crippen LogP contribution in [0.2, 0.25) is 5.02 Å². The number of hydrogen-bond donors (Lipinski definition) is 2. The Bertz CT molecular complexity index is 945. The van der Waals surface area contributed by atoms with Crippen LogP contribution in [0, 0.1) is 10.1 Å². The van der Waals surface area contributed by atoms with Crippen LogP contribution in [-0.2, 0) is 16.1 Å². The van der Waals surface area contributed by atoms with Crippen molar-refractivity contribution >= 4 is 34.9 Å². The Balaban J connectivity index is 1.69. The highest BCUT2D eigenvalue weighted by atomic mass is 35.5. The van der Waals surface area contributed by atoms with Gasteiger partial charge < -0.3 is 15.4 Å². The number of benzene rings is 2. The number of ether oxygens (including phenoxy) is 1. The quantitative estimate of drug-likeness (QED) is 0.385. The molecular weight excluding hydrogens is 398 g/mol. The molecule has 0 unspecified atom stereocenters. The third kappa shape index (κ3) is 5.45. The Morgan fingerprint density at radius 1 is 1.28 bits per heavy atom. The van der Waals surface area contributed by atoms with E-state index in [1.807, 2.05) is 6.07 Å². The number of amides is 1. The van der Waals surface area contributed by atoms with Gasteiger partial charge in [0.15, 0.2) is 6.10 Å². The van der Waals surface area contributed by atoms with E-state index in [4.69, 9.17) is 16.3 Å². The molecule has 1 atom stereocenters. The zero-order valence-corrected chi connectivity index (χ0v) is 16.4. The van der Waals surface area contributed by atoms with Gasteiger partial charge in [0.2, 0.25) is 0 Å². The summed E-state index contributed by atoms with van der Waals surface area (Å²) in [5.41, 5.74) is 0.737. The summed E-state index contributed by atoms with van der Waals surface area (Å²) in [5, 5.41) is 17.7. The monoisotopic (exact) mass is 417 g/mol. The number of nitro benzene ring substituents is 1. The maximum atomic E-state index is 12.3. The maximum absolute atomic E-state index is 12.3. The van der Waals surface area contributed by atoms with Crippen molar-refractivity contribution in [1.82, 2.24) is 5.32 Å². The predicted molar refractivity (Wildman–Crippen MR) is 108 cm³/mol. The minimum Gasteiger partial charge on any atom is -0.449 e. The first-order valence-electron chi connectivity index (χ1n) is 9.12. The molecule has 1 aliphatic rings. The zero-order chi connectivity index (χ0) is 21.0. The fraction of sp³-hybridized carbons (Fsp3) is 0.300. The second kappa shape index (κ2) is 8.91. The van der Waals surface area contributed by atoms with E-state index in [1.54, 1.807) is 18.2 Å². The van der Waals surface area contributed by atoms with Crippen LogP contribution < -0.4 is 10.6 Å². The molecule has 1 saturated carbocycles. The van der Waals surface area contributed by atoms with Crippen LogP contribution in [0.4, 0.5) is 11.4 Å². The van der Waals surface area contributed by atoms with Crippen molar-refractivity contribution in [3.05, 3.63) is 68.7 Å². The van der Waals surface area contributed by atoms with E-state index < -0.39 is 17.0 Å². The third-order valence-electron chi connectivity index (χ3n) is 4.43. The van der Waals surface area contributed by atoms with Gasteiger partial charge in [-0.05, 0) is 43.5 Å². The number of halogens is 1. The number of carbonyl (C=O) groups is 2. The van der Waals surface area contributed by atoms with Crippen LogP contribution in [0.25, 0.3) is 0 Å². The fourth-order valence-electron chi connectivity index (χ4n) is 2.62. The molecule has 2 aromatic rings. The maximum Gasteiger partial charge on any atom is 0.339 e. The number of rotatable bonds is 8. The smallest absolute Gasteiger partial charge is 0.339 e. The first-order chi connectivity index (χ1) is 13.8. The first-order valence-corrected chi connectivity index (χ1v) is 9.50. The molecule has 29 heavy (non-hydrogen) atoms. The topological polar surface area (TPSA) is 111 Å². The van der Waals surface area contributed by atoms with Gasteiger partial charge in [-0.1, -0.05) is 29.8 Å². The third-order valence-corrected chi connectivity index (χ3v) is 4.80. The van der Waals surface area contributed by atoms with Crippen molar-refractivity contribution in [2.75, 3.05) is 5.32 Å². The Kier molecular flexibility index (Phi) is 6.33. The molecule has 0 aromatic heterocycles. The van der Waals surface area contributed by atoms with Crippen molar-refractivity contribution in [1.29, 1.82) is 0 Å². The molecule has 1 amide bonds. The average molecular weight is 418 g/mol. The minimum atomic E-state index is -0.986. The molecule has 0 bridgehead atoms. The Morgan fingerprint density at radius 3 is 2.66 bits per heavy atom. The van der Waals surface area contributed by atoms with E-state index in [0.29, 0.717) is 5.02 Å². The lowest BCUT2D eigenvalue weighted by molar-refractivity contribution is -0.384. The highest BCUT2D eigenvalue weighted by Gasteiger charge is 2.28. The number of esters is 1. The van der Waals surface area contributed by atoms with Crippen molar-refractivity contribution in [3.63, 3.8) is 0 Å². The largest absolute Gasteiger partial charge is 0.449 e. The standard InChI is InChI=1S/C20H20ClN3O5/c1-12(19(25)23-15-7-8-15)29-20(26)13-6-9-17(18(10-13)24(27)28)22-11-14-4-2-3-5-16(14)21/h2-6,9-10,12,15,22H,7-8,11H2,1H3,(H,23,25)/t12-/m0/s1. The molecule has 0 saturated heterocycles. The lowest BCUT2D eigenvalue weighted by Gasteiger charge is -2.14. The van der Waals surface area contributed by atoms with Gasteiger partial charge in [-0.2, -0.15) is 0 Å². The van der Waals surface area contributed by atoms with Gasteiger partial charge in [-0.15, -0.1) is 0 Å². The summed E-state index contributed by atoms with van der Waals surface area (Å²) in [6.45, 7) is 1.74. The average Bonchev–Trinajstić information content (AvgIpc) is 3.51. The highest BCUT2D eigenvalue weighted by molar-refractivity contribution is 6.31. The van der Waals surface area contributed by atoms with Gasteiger partial charge in [0.25, 0.3) is 11.6 Å². The SMILES string of the molecule is C[C@H](OC(=O)c1ccc(NCc2ccccc2Cl)c([N+](=O)[O-])c1)C(=O)NC1CC1. The predicted octanol–water partition coefficient (Wildman–Crippen LogP) is 3.68.